The molecule has 0 aromatic heterocycles. The molecule has 0 aromatic carbocycles. The van der Waals surface area contributed by atoms with E-state index in [4.69, 9.17) is 0 Å². The zero-order chi connectivity index (χ0) is 6.24. The van der Waals surface area contributed by atoms with Gasteiger partial charge in [-0.1, -0.05) is 13.0 Å². The molecule has 0 spiro atoms. The highest BCUT2D eigenvalue weighted by Gasteiger charge is 1.72. The summed E-state index contributed by atoms with van der Waals surface area (Å²) in [5, 5.41) is 0. The van der Waals surface area contributed by atoms with Gasteiger partial charge in [-0.15, -0.1) is 0 Å². The van der Waals surface area contributed by atoms with Crippen molar-refractivity contribution < 1.29 is 0 Å². The van der Waals surface area contributed by atoms with Crippen molar-refractivity contribution in [3.8, 4) is 0 Å². The van der Waals surface area contributed by atoms with E-state index in [1.165, 1.54) is 0 Å². The number of allylic oxidation sites excluding steroid dienone is 1. The maximum atomic E-state index is 3.00. The van der Waals surface area contributed by atoms with E-state index in [9.17, 15) is 0 Å². The molecule has 0 aliphatic rings. The Morgan fingerprint density at radius 2 is 2.25 bits per heavy atom. The summed E-state index contributed by atoms with van der Waals surface area (Å²) in [5.74, 6) is 0. The second-order valence-electron chi connectivity index (χ2n) is 1.57. The highest BCUT2D eigenvalue weighted by atomic mass is 15.3. The van der Waals surface area contributed by atoms with Crippen LogP contribution in [0, 0.1) is 0 Å². The molecule has 0 fully saturated rings. The number of rotatable bonds is 4. The molecule has 0 aliphatic carbocycles. The van der Waals surface area contributed by atoms with Gasteiger partial charge >= 0.3 is 0 Å². The molecule has 0 saturated carbocycles. The third-order valence-electron chi connectivity index (χ3n) is 0.727. The van der Waals surface area contributed by atoms with E-state index in [1.54, 1.807) is 0 Å². The number of hydrogen-bond acceptors (Lipinski definition) is 2. The van der Waals surface area contributed by atoms with Crippen LogP contribution in [0.1, 0.15) is 20.3 Å². The van der Waals surface area contributed by atoms with Crippen molar-refractivity contribution in [1.29, 1.82) is 0 Å². The Morgan fingerprint density at radius 3 is 2.75 bits per heavy atom. The third kappa shape index (κ3) is 5.50. The summed E-state index contributed by atoms with van der Waals surface area (Å²) in [5.41, 5.74) is 5.90. The van der Waals surface area contributed by atoms with Crippen molar-refractivity contribution in [1.82, 2.24) is 10.9 Å². The molecular formula is C6H14N2. The van der Waals surface area contributed by atoms with Gasteiger partial charge in [0, 0.05) is 12.7 Å². The maximum absolute atomic E-state index is 3.00. The predicted octanol–water partition coefficient (Wildman–Crippen LogP) is 1.02. The third-order valence-corrected chi connectivity index (χ3v) is 0.727. The summed E-state index contributed by atoms with van der Waals surface area (Å²) >= 11 is 0. The lowest BCUT2D eigenvalue weighted by atomic mass is 10.5. The van der Waals surface area contributed by atoms with Crippen molar-refractivity contribution >= 4 is 0 Å². The normalized spacial score (nSPS) is 10.2. The zero-order valence-corrected chi connectivity index (χ0v) is 5.57. The van der Waals surface area contributed by atoms with Crippen molar-refractivity contribution in [2.45, 2.75) is 20.3 Å². The molecule has 0 bridgehead atoms. The maximum Gasteiger partial charge on any atom is 0.0145 e. The zero-order valence-electron chi connectivity index (χ0n) is 5.57. The molecule has 0 radical (unpaired) electrons. The van der Waals surface area contributed by atoms with Crippen LogP contribution in [0.3, 0.4) is 0 Å². The lowest BCUT2D eigenvalue weighted by molar-refractivity contribution is 0.616. The van der Waals surface area contributed by atoms with Gasteiger partial charge < -0.3 is 5.43 Å². The van der Waals surface area contributed by atoms with Gasteiger partial charge in [-0.3, -0.25) is 0 Å². The van der Waals surface area contributed by atoms with Crippen LogP contribution in [0.25, 0.3) is 0 Å². The van der Waals surface area contributed by atoms with Gasteiger partial charge in [-0.2, -0.15) is 0 Å². The van der Waals surface area contributed by atoms with Crippen LogP contribution >= 0.6 is 0 Å². The summed E-state index contributed by atoms with van der Waals surface area (Å²) in [6.45, 7) is 5.12. The van der Waals surface area contributed by atoms with Crippen LogP contribution in [0.2, 0.25) is 0 Å². The Labute approximate surface area is 50.9 Å². The van der Waals surface area contributed by atoms with E-state index in [2.05, 4.69) is 17.8 Å². The van der Waals surface area contributed by atoms with Crippen LogP contribution in [0.5, 0.6) is 0 Å². The Bertz CT molecular complexity index is 59.5. The lowest BCUT2D eigenvalue weighted by Crippen LogP contribution is -2.26. The fraction of sp³-hybridized carbons (Fsp3) is 0.667. The highest BCUT2D eigenvalue weighted by molar-refractivity contribution is 4.70. The van der Waals surface area contributed by atoms with E-state index in [0.717, 1.165) is 13.0 Å². The van der Waals surface area contributed by atoms with E-state index >= 15 is 0 Å². The molecule has 8 heavy (non-hydrogen) atoms. The summed E-state index contributed by atoms with van der Waals surface area (Å²) in [6.07, 6.45) is 4.98. The number of nitrogens with one attached hydrogen (secondary N) is 2. The Morgan fingerprint density at radius 1 is 1.50 bits per heavy atom. The average Bonchev–Trinajstić information content (AvgIpc) is 1.81. The minimum absolute atomic E-state index is 1.02. The van der Waals surface area contributed by atoms with Crippen LogP contribution < -0.4 is 10.9 Å². The summed E-state index contributed by atoms with van der Waals surface area (Å²) in [6, 6.07) is 0. The quantitative estimate of drug-likeness (QED) is 0.421. The minimum Gasteiger partial charge on any atom is -0.329 e. The lowest BCUT2D eigenvalue weighted by Gasteiger charge is -1.98. The topological polar surface area (TPSA) is 24.1 Å². The first-order valence-corrected chi connectivity index (χ1v) is 3.01. The molecule has 0 rings (SSSR count). The van der Waals surface area contributed by atoms with Gasteiger partial charge in [0.05, 0.1) is 0 Å². The molecule has 0 aliphatic heterocycles. The monoisotopic (exact) mass is 114 g/mol. The van der Waals surface area contributed by atoms with E-state index < -0.39 is 0 Å². The second kappa shape index (κ2) is 6.50. The standard InChI is InChI=1S/C6H14N2/c1-3-5-7-8-6-4-2/h3,5,7-8H,4,6H2,1-2H3/b5-3-. The van der Waals surface area contributed by atoms with Gasteiger partial charge in [-0.05, 0) is 13.3 Å². The number of hydrogen-bond donors (Lipinski definition) is 2. The van der Waals surface area contributed by atoms with Gasteiger partial charge in [-0.25, -0.2) is 5.43 Å². The van der Waals surface area contributed by atoms with Crippen molar-refractivity contribution in [2.75, 3.05) is 6.54 Å². The minimum atomic E-state index is 1.02. The summed E-state index contributed by atoms with van der Waals surface area (Å²) in [4.78, 5) is 0. The fourth-order valence-corrected chi connectivity index (χ4v) is 0.339. The van der Waals surface area contributed by atoms with Crippen molar-refractivity contribution in [3.05, 3.63) is 12.3 Å². The van der Waals surface area contributed by atoms with Gasteiger partial charge in [0.2, 0.25) is 0 Å². The Balaban J connectivity index is 2.72. The molecule has 0 amide bonds. The van der Waals surface area contributed by atoms with Crippen molar-refractivity contribution in [3.63, 3.8) is 0 Å². The molecule has 2 heteroatoms. The van der Waals surface area contributed by atoms with E-state index in [-0.39, 0.29) is 0 Å². The molecular weight excluding hydrogens is 100 g/mol. The molecule has 0 heterocycles. The molecule has 2 N–H and O–H groups in total. The van der Waals surface area contributed by atoms with E-state index in [0.29, 0.717) is 0 Å². The first-order valence-electron chi connectivity index (χ1n) is 3.01. The van der Waals surface area contributed by atoms with Crippen LogP contribution in [-0.4, -0.2) is 6.54 Å². The first-order chi connectivity index (χ1) is 3.91. The SMILES string of the molecule is C/C=C\NNCCC. The Kier molecular flexibility index (Phi) is 6.09. The second-order valence-corrected chi connectivity index (χ2v) is 1.57. The van der Waals surface area contributed by atoms with Crippen molar-refractivity contribution in [2.24, 2.45) is 0 Å². The molecule has 48 valence electrons. The highest BCUT2D eigenvalue weighted by Crippen LogP contribution is 1.65. The predicted molar refractivity (Wildman–Crippen MR) is 36.2 cm³/mol. The van der Waals surface area contributed by atoms with Crippen LogP contribution in [0.4, 0.5) is 0 Å². The first kappa shape index (κ1) is 7.50. The smallest absolute Gasteiger partial charge is 0.0145 e. The van der Waals surface area contributed by atoms with Crippen LogP contribution in [0.15, 0.2) is 12.3 Å². The van der Waals surface area contributed by atoms with Gasteiger partial charge in [0.1, 0.15) is 0 Å². The molecule has 0 atom stereocenters. The molecule has 0 aromatic rings. The summed E-state index contributed by atoms with van der Waals surface area (Å²) in [7, 11) is 0. The largest absolute Gasteiger partial charge is 0.329 e. The summed E-state index contributed by atoms with van der Waals surface area (Å²) < 4.78 is 0. The average molecular weight is 114 g/mol. The Hall–Kier alpha value is -0.500. The molecule has 2 nitrogen and oxygen atoms in total. The molecule has 0 unspecified atom stereocenters. The van der Waals surface area contributed by atoms with Crippen LogP contribution in [-0.2, 0) is 0 Å². The van der Waals surface area contributed by atoms with Gasteiger partial charge in [0.15, 0.2) is 0 Å². The van der Waals surface area contributed by atoms with Gasteiger partial charge in [0.25, 0.3) is 0 Å². The number of hydrazine groups is 1. The van der Waals surface area contributed by atoms with E-state index in [1.807, 2.05) is 19.2 Å². The molecule has 0 saturated heterocycles. The fourth-order valence-electron chi connectivity index (χ4n) is 0.339.